The summed E-state index contributed by atoms with van der Waals surface area (Å²) in [5.41, 5.74) is 5.61. The Hall–Kier alpha value is -0.120. The average molecular weight is 189 g/mol. The summed E-state index contributed by atoms with van der Waals surface area (Å²) in [5, 5.41) is 0. The van der Waals surface area contributed by atoms with Crippen molar-refractivity contribution in [1.29, 1.82) is 0 Å². The molecule has 3 heteroatoms. The third-order valence-corrected chi connectivity index (χ3v) is 2.17. The van der Waals surface area contributed by atoms with Gasteiger partial charge in [-0.2, -0.15) is 0 Å². The van der Waals surface area contributed by atoms with E-state index in [0.29, 0.717) is 19.8 Å². The van der Waals surface area contributed by atoms with Crippen molar-refractivity contribution in [3.63, 3.8) is 0 Å². The number of ether oxygens (including phenoxy) is 2. The molecule has 0 aliphatic rings. The van der Waals surface area contributed by atoms with Crippen LogP contribution in [0.25, 0.3) is 0 Å². The first-order chi connectivity index (χ1) is 5.93. The minimum atomic E-state index is -0.642. The molecule has 0 amide bonds. The van der Waals surface area contributed by atoms with E-state index in [1.54, 1.807) is 0 Å². The fourth-order valence-corrected chi connectivity index (χ4v) is 1.37. The van der Waals surface area contributed by atoms with Crippen molar-refractivity contribution < 1.29 is 9.47 Å². The highest BCUT2D eigenvalue weighted by atomic mass is 16.7. The number of nitrogens with two attached hydrogens (primary N) is 1. The maximum Gasteiger partial charge on any atom is 0.185 e. The van der Waals surface area contributed by atoms with Gasteiger partial charge < -0.3 is 15.2 Å². The monoisotopic (exact) mass is 189 g/mol. The predicted octanol–water partition coefficient (Wildman–Crippen LogP) is 1.76. The SMILES string of the molecule is CCOC(CN)(OCC)C(C)(C)C. The van der Waals surface area contributed by atoms with Gasteiger partial charge in [0.15, 0.2) is 5.79 Å². The first kappa shape index (κ1) is 12.9. The third kappa shape index (κ3) is 2.93. The zero-order chi connectivity index (χ0) is 10.5. The van der Waals surface area contributed by atoms with Gasteiger partial charge in [0.05, 0.1) is 0 Å². The minimum absolute atomic E-state index is 0.103. The molecule has 0 aliphatic heterocycles. The Labute approximate surface area is 81.6 Å². The van der Waals surface area contributed by atoms with Crippen LogP contribution in [0.3, 0.4) is 0 Å². The van der Waals surface area contributed by atoms with Crippen molar-refractivity contribution in [3.05, 3.63) is 0 Å². The fraction of sp³-hybridized carbons (Fsp3) is 1.00. The molecule has 0 aromatic heterocycles. The maximum atomic E-state index is 5.72. The van der Waals surface area contributed by atoms with Gasteiger partial charge in [-0.25, -0.2) is 0 Å². The lowest BCUT2D eigenvalue weighted by molar-refractivity contribution is -0.278. The van der Waals surface area contributed by atoms with E-state index in [1.807, 2.05) is 13.8 Å². The van der Waals surface area contributed by atoms with E-state index in [-0.39, 0.29) is 5.41 Å². The largest absolute Gasteiger partial charge is 0.348 e. The molecule has 0 spiro atoms. The summed E-state index contributed by atoms with van der Waals surface area (Å²) in [6.07, 6.45) is 0. The van der Waals surface area contributed by atoms with Gasteiger partial charge in [-0.15, -0.1) is 0 Å². The minimum Gasteiger partial charge on any atom is -0.348 e. The fourth-order valence-electron chi connectivity index (χ4n) is 1.37. The van der Waals surface area contributed by atoms with Crippen LogP contribution in [0.2, 0.25) is 0 Å². The molecule has 0 radical (unpaired) electrons. The second kappa shape index (κ2) is 4.94. The van der Waals surface area contributed by atoms with E-state index in [0.717, 1.165) is 0 Å². The molecule has 2 N–H and O–H groups in total. The van der Waals surface area contributed by atoms with Crippen LogP contribution in [-0.4, -0.2) is 25.5 Å². The van der Waals surface area contributed by atoms with Crippen LogP contribution >= 0.6 is 0 Å². The van der Waals surface area contributed by atoms with Crippen LogP contribution in [0.15, 0.2) is 0 Å². The second-order valence-electron chi connectivity index (χ2n) is 4.07. The normalized spacial score (nSPS) is 13.4. The van der Waals surface area contributed by atoms with Gasteiger partial charge in [0.1, 0.15) is 0 Å². The summed E-state index contributed by atoms with van der Waals surface area (Å²) < 4.78 is 11.3. The van der Waals surface area contributed by atoms with Crippen molar-refractivity contribution in [2.24, 2.45) is 11.1 Å². The molecule has 0 aliphatic carbocycles. The highest BCUT2D eigenvalue weighted by Gasteiger charge is 2.42. The molecule has 3 nitrogen and oxygen atoms in total. The Balaban J connectivity index is 4.64. The molecule has 0 unspecified atom stereocenters. The van der Waals surface area contributed by atoms with Crippen molar-refractivity contribution in [2.45, 2.75) is 40.4 Å². The van der Waals surface area contributed by atoms with Crippen LogP contribution < -0.4 is 5.73 Å². The lowest BCUT2D eigenvalue weighted by atomic mass is 9.85. The summed E-state index contributed by atoms with van der Waals surface area (Å²) in [5.74, 6) is -0.642. The van der Waals surface area contributed by atoms with Crippen molar-refractivity contribution in [1.82, 2.24) is 0 Å². The Morgan fingerprint density at radius 2 is 1.38 bits per heavy atom. The van der Waals surface area contributed by atoms with Gasteiger partial charge in [-0.1, -0.05) is 20.8 Å². The van der Waals surface area contributed by atoms with Gasteiger partial charge >= 0.3 is 0 Å². The van der Waals surface area contributed by atoms with Crippen LogP contribution in [0, 0.1) is 5.41 Å². The Kier molecular flexibility index (Phi) is 4.89. The van der Waals surface area contributed by atoms with Gasteiger partial charge in [0.25, 0.3) is 0 Å². The molecular formula is C10H23NO2. The lowest BCUT2D eigenvalue weighted by Gasteiger charge is -2.42. The third-order valence-electron chi connectivity index (χ3n) is 2.17. The summed E-state index contributed by atoms with van der Waals surface area (Å²) in [6, 6.07) is 0. The van der Waals surface area contributed by atoms with Gasteiger partial charge in [-0.3, -0.25) is 0 Å². The van der Waals surface area contributed by atoms with Crippen LogP contribution in [0.1, 0.15) is 34.6 Å². The Morgan fingerprint density at radius 1 is 1.00 bits per heavy atom. The van der Waals surface area contributed by atoms with E-state index in [2.05, 4.69) is 20.8 Å². The maximum absolute atomic E-state index is 5.72. The molecule has 80 valence electrons. The van der Waals surface area contributed by atoms with Gasteiger partial charge in [0.2, 0.25) is 0 Å². The van der Waals surface area contributed by atoms with Crippen LogP contribution in [0.4, 0.5) is 0 Å². The smallest absolute Gasteiger partial charge is 0.185 e. The second-order valence-corrected chi connectivity index (χ2v) is 4.07. The first-order valence-corrected chi connectivity index (χ1v) is 4.91. The molecule has 0 atom stereocenters. The van der Waals surface area contributed by atoms with Gasteiger partial charge in [0, 0.05) is 25.2 Å². The van der Waals surface area contributed by atoms with Crippen molar-refractivity contribution >= 4 is 0 Å². The molecule has 13 heavy (non-hydrogen) atoms. The van der Waals surface area contributed by atoms with Crippen LogP contribution in [0.5, 0.6) is 0 Å². The van der Waals surface area contributed by atoms with E-state index < -0.39 is 5.79 Å². The predicted molar refractivity (Wildman–Crippen MR) is 54.5 cm³/mol. The van der Waals surface area contributed by atoms with Crippen molar-refractivity contribution in [2.75, 3.05) is 19.8 Å². The molecule has 0 aromatic carbocycles. The zero-order valence-corrected chi connectivity index (χ0v) is 9.52. The lowest BCUT2D eigenvalue weighted by Crippen LogP contribution is -2.53. The van der Waals surface area contributed by atoms with Crippen LogP contribution in [-0.2, 0) is 9.47 Å². The van der Waals surface area contributed by atoms with E-state index in [4.69, 9.17) is 15.2 Å². The quantitative estimate of drug-likeness (QED) is 0.670. The highest BCUT2D eigenvalue weighted by molar-refractivity contribution is 4.85. The number of hydrogen-bond donors (Lipinski definition) is 1. The van der Waals surface area contributed by atoms with E-state index >= 15 is 0 Å². The van der Waals surface area contributed by atoms with Gasteiger partial charge in [-0.05, 0) is 13.8 Å². The molecule has 0 rings (SSSR count). The number of hydrogen-bond acceptors (Lipinski definition) is 3. The molecule has 0 aromatic rings. The molecule has 0 fully saturated rings. The molecular weight excluding hydrogens is 166 g/mol. The topological polar surface area (TPSA) is 44.5 Å². The molecule has 0 heterocycles. The summed E-state index contributed by atoms with van der Waals surface area (Å²) in [7, 11) is 0. The summed E-state index contributed by atoms with van der Waals surface area (Å²) >= 11 is 0. The van der Waals surface area contributed by atoms with Crippen molar-refractivity contribution in [3.8, 4) is 0 Å². The summed E-state index contributed by atoms with van der Waals surface area (Å²) in [4.78, 5) is 0. The Morgan fingerprint density at radius 3 is 1.54 bits per heavy atom. The number of rotatable bonds is 5. The standard InChI is InChI=1S/C10H23NO2/c1-6-12-10(8-11,13-7-2)9(3,4)5/h6-8,11H2,1-5H3. The highest BCUT2D eigenvalue weighted by Crippen LogP contribution is 2.34. The zero-order valence-electron chi connectivity index (χ0n) is 9.52. The molecule has 0 bridgehead atoms. The summed E-state index contributed by atoms with van der Waals surface area (Å²) in [6.45, 7) is 11.8. The molecule has 0 saturated heterocycles. The molecule has 0 saturated carbocycles. The first-order valence-electron chi connectivity index (χ1n) is 4.91. The Bertz CT molecular complexity index is 134. The van der Waals surface area contributed by atoms with E-state index in [9.17, 15) is 0 Å². The average Bonchev–Trinajstić information content (AvgIpc) is 2.02. The van der Waals surface area contributed by atoms with E-state index in [1.165, 1.54) is 0 Å².